The Morgan fingerprint density at radius 2 is 2.17 bits per heavy atom. The second kappa shape index (κ2) is 4.58. The molecule has 68 valence electrons. The van der Waals surface area contributed by atoms with Crippen LogP contribution in [0.1, 0.15) is 35.8 Å². The maximum Gasteiger partial charge on any atom is 0.0931 e. The molecule has 0 atom stereocenters. The highest BCUT2D eigenvalue weighted by Gasteiger charge is 2.07. The number of thiazole rings is 1. The van der Waals surface area contributed by atoms with E-state index in [-0.39, 0.29) is 6.61 Å². The van der Waals surface area contributed by atoms with Crippen molar-refractivity contribution in [1.29, 1.82) is 0 Å². The molecular formula is C9H15NOS. The van der Waals surface area contributed by atoms with Gasteiger partial charge in [-0.25, -0.2) is 4.98 Å². The van der Waals surface area contributed by atoms with E-state index in [1.807, 2.05) is 0 Å². The lowest BCUT2D eigenvalue weighted by molar-refractivity contribution is 0.284. The average Bonchev–Trinajstić information content (AvgIpc) is 2.48. The van der Waals surface area contributed by atoms with Crippen LogP contribution in [-0.4, -0.2) is 10.1 Å². The molecule has 0 bridgehead atoms. The predicted molar refractivity (Wildman–Crippen MR) is 51.4 cm³/mol. The zero-order chi connectivity index (χ0) is 8.97. The summed E-state index contributed by atoms with van der Waals surface area (Å²) in [6.45, 7) is 4.36. The fraction of sp³-hybridized carbons (Fsp3) is 0.667. The van der Waals surface area contributed by atoms with Crippen molar-refractivity contribution in [3.8, 4) is 0 Å². The lowest BCUT2D eigenvalue weighted by Crippen LogP contribution is -1.87. The van der Waals surface area contributed by atoms with Crippen LogP contribution >= 0.6 is 11.3 Å². The first-order valence-corrected chi connectivity index (χ1v) is 5.21. The number of hydrogen-bond donors (Lipinski definition) is 1. The van der Waals surface area contributed by atoms with Crippen molar-refractivity contribution in [3.05, 3.63) is 15.6 Å². The largest absolute Gasteiger partial charge is 0.391 e. The number of hydrogen-bond acceptors (Lipinski definition) is 3. The van der Waals surface area contributed by atoms with Gasteiger partial charge in [0.05, 0.1) is 22.2 Å². The van der Waals surface area contributed by atoms with Gasteiger partial charge in [-0.1, -0.05) is 13.8 Å². The molecule has 1 heterocycles. The molecule has 0 spiro atoms. The SMILES string of the molecule is CCCc1nc(CC)c(CO)s1. The van der Waals surface area contributed by atoms with Crippen LogP contribution in [0.3, 0.4) is 0 Å². The second-order valence-corrected chi connectivity index (χ2v) is 3.91. The summed E-state index contributed by atoms with van der Waals surface area (Å²) in [5.74, 6) is 0. The first-order chi connectivity index (χ1) is 5.81. The average molecular weight is 185 g/mol. The van der Waals surface area contributed by atoms with Gasteiger partial charge in [0.1, 0.15) is 0 Å². The van der Waals surface area contributed by atoms with E-state index >= 15 is 0 Å². The van der Waals surface area contributed by atoms with Crippen molar-refractivity contribution in [1.82, 2.24) is 4.98 Å². The standard InChI is InChI=1S/C9H15NOS/c1-3-5-9-10-7(4-2)8(6-11)12-9/h11H,3-6H2,1-2H3. The molecule has 1 aromatic rings. The van der Waals surface area contributed by atoms with Crippen LogP contribution in [0.2, 0.25) is 0 Å². The molecule has 12 heavy (non-hydrogen) atoms. The maximum atomic E-state index is 9.00. The van der Waals surface area contributed by atoms with Gasteiger partial charge in [-0.05, 0) is 19.3 Å². The minimum atomic E-state index is 0.143. The van der Waals surface area contributed by atoms with Crippen LogP contribution in [-0.2, 0) is 19.4 Å². The van der Waals surface area contributed by atoms with Crippen LogP contribution in [0, 0.1) is 0 Å². The van der Waals surface area contributed by atoms with Crippen LogP contribution in [0.4, 0.5) is 0 Å². The molecule has 1 aromatic heterocycles. The van der Waals surface area contributed by atoms with E-state index in [4.69, 9.17) is 5.11 Å². The van der Waals surface area contributed by atoms with E-state index in [0.717, 1.165) is 29.8 Å². The number of aromatic nitrogens is 1. The molecule has 0 radical (unpaired) electrons. The molecule has 0 aliphatic carbocycles. The summed E-state index contributed by atoms with van der Waals surface area (Å²) in [7, 11) is 0. The number of rotatable bonds is 4. The van der Waals surface area contributed by atoms with E-state index in [1.54, 1.807) is 11.3 Å². The monoisotopic (exact) mass is 185 g/mol. The quantitative estimate of drug-likeness (QED) is 0.779. The van der Waals surface area contributed by atoms with Crippen molar-refractivity contribution in [2.24, 2.45) is 0 Å². The molecule has 0 aliphatic rings. The molecule has 0 amide bonds. The van der Waals surface area contributed by atoms with Gasteiger partial charge in [0, 0.05) is 0 Å². The van der Waals surface area contributed by atoms with Gasteiger partial charge in [0.15, 0.2) is 0 Å². The summed E-state index contributed by atoms with van der Waals surface area (Å²) >= 11 is 1.65. The maximum absolute atomic E-state index is 9.00. The van der Waals surface area contributed by atoms with Gasteiger partial charge in [0.25, 0.3) is 0 Å². The van der Waals surface area contributed by atoms with E-state index < -0.39 is 0 Å². The van der Waals surface area contributed by atoms with Gasteiger partial charge in [-0.15, -0.1) is 11.3 Å². The smallest absolute Gasteiger partial charge is 0.0931 e. The van der Waals surface area contributed by atoms with Gasteiger partial charge in [0.2, 0.25) is 0 Å². The van der Waals surface area contributed by atoms with Crippen LogP contribution < -0.4 is 0 Å². The summed E-state index contributed by atoms with van der Waals surface area (Å²) in [6, 6.07) is 0. The summed E-state index contributed by atoms with van der Waals surface area (Å²) in [5.41, 5.74) is 1.07. The molecule has 0 saturated carbocycles. The number of aryl methyl sites for hydroxylation is 2. The van der Waals surface area contributed by atoms with Gasteiger partial charge in [-0.3, -0.25) is 0 Å². The highest BCUT2D eigenvalue weighted by molar-refractivity contribution is 7.11. The van der Waals surface area contributed by atoms with Crippen molar-refractivity contribution < 1.29 is 5.11 Å². The fourth-order valence-electron chi connectivity index (χ4n) is 1.16. The molecule has 0 saturated heterocycles. The number of nitrogens with zero attached hydrogens (tertiary/aromatic N) is 1. The Kier molecular flexibility index (Phi) is 3.69. The molecular weight excluding hydrogens is 170 g/mol. The predicted octanol–water partition coefficient (Wildman–Crippen LogP) is 2.15. The normalized spacial score (nSPS) is 10.6. The molecule has 0 aromatic carbocycles. The molecule has 0 aliphatic heterocycles. The zero-order valence-corrected chi connectivity index (χ0v) is 8.45. The second-order valence-electron chi connectivity index (χ2n) is 2.74. The number of aliphatic hydroxyl groups excluding tert-OH is 1. The third kappa shape index (κ3) is 2.05. The van der Waals surface area contributed by atoms with Crippen molar-refractivity contribution in [3.63, 3.8) is 0 Å². The minimum absolute atomic E-state index is 0.143. The Hall–Kier alpha value is -0.410. The summed E-state index contributed by atoms with van der Waals surface area (Å²) in [4.78, 5) is 5.49. The minimum Gasteiger partial charge on any atom is -0.391 e. The van der Waals surface area contributed by atoms with E-state index in [0.29, 0.717) is 0 Å². The van der Waals surface area contributed by atoms with E-state index in [2.05, 4.69) is 18.8 Å². The van der Waals surface area contributed by atoms with E-state index in [1.165, 1.54) is 5.01 Å². The third-order valence-electron chi connectivity index (χ3n) is 1.76. The van der Waals surface area contributed by atoms with Crippen LogP contribution in [0.5, 0.6) is 0 Å². The van der Waals surface area contributed by atoms with E-state index in [9.17, 15) is 0 Å². The molecule has 3 heteroatoms. The Morgan fingerprint density at radius 1 is 1.42 bits per heavy atom. The summed E-state index contributed by atoms with van der Waals surface area (Å²) in [5, 5.41) is 10.2. The molecule has 1 N–H and O–H groups in total. The zero-order valence-electron chi connectivity index (χ0n) is 7.63. The lowest BCUT2D eigenvalue weighted by atomic mass is 10.3. The Labute approximate surface area is 77.3 Å². The van der Waals surface area contributed by atoms with Crippen molar-refractivity contribution >= 4 is 11.3 Å². The number of aliphatic hydroxyl groups is 1. The topological polar surface area (TPSA) is 33.1 Å². The Bertz CT molecular complexity index is 223. The summed E-state index contributed by atoms with van der Waals surface area (Å²) in [6.07, 6.45) is 3.09. The Morgan fingerprint density at radius 3 is 2.58 bits per heavy atom. The van der Waals surface area contributed by atoms with Gasteiger partial charge < -0.3 is 5.11 Å². The molecule has 1 rings (SSSR count). The van der Waals surface area contributed by atoms with Crippen LogP contribution in [0.25, 0.3) is 0 Å². The van der Waals surface area contributed by atoms with Crippen molar-refractivity contribution in [2.45, 2.75) is 39.7 Å². The highest BCUT2D eigenvalue weighted by atomic mass is 32.1. The van der Waals surface area contributed by atoms with Crippen LogP contribution in [0.15, 0.2) is 0 Å². The van der Waals surface area contributed by atoms with Gasteiger partial charge >= 0.3 is 0 Å². The molecule has 0 fully saturated rings. The lowest BCUT2D eigenvalue weighted by Gasteiger charge is -1.90. The van der Waals surface area contributed by atoms with Crippen molar-refractivity contribution in [2.75, 3.05) is 0 Å². The first kappa shape index (κ1) is 9.68. The fourth-order valence-corrected chi connectivity index (χ4v) is 2.28. The van der Waals surface area contributed by atoms with Gasteiger partial charge in [-0.2, -0.15) is 0 Å². The third-order valence-corrected chi connectivity index (χ3v) is 2.91. The summed E-state index contributed by atoms with van der Waals surface area (Å²) < 4.78 is 0. The first-order valence-electron chi connectivity index (χ1n) is 4.40. The highest BCUT2D eigenvalue weighted by Crippen LogP contribution is 2.20. The Balaban J connectivity index is 2.81. The molecule has 0 unspecified atom stereocenters. The molecule has 2 nitrogen and oxygen atoms in total.